The van der Waals surface area contributed by atoms with Crippen molar-refractivity contribution >= 4 is 11.8 Å². The van der Waals surface area contributed by atoms with E-state index in [2.05, 4.69) is 37.2 Å². The van der Waals surface area contributed by atoms with Gasteiger partial charge in [0.15, 0.2) is 0 Å². The fourth-order valence-corrected chi connectivity index (χ4v) is 3.56. The van der Waals surface area contributed by atoms with E-state index in [1.807, 2.05) is 0 Å². The Morgan fingerprint density at radius 3 is 2.53 bits per heavy atom. The molecule has 0 amide bonds. The first-order valence-corrected chi connectivity index (χ1v) is 7.71. The van der Waals surface area contributed by atoms with Crippen molar-refractivity contribution in [1.82, 2.24) is 5.32 Å². The topological polar surface area (TPSA) is 12.0 Å². The first-order valence-electron chi connectivity index (χ1n) is 6.48. The van der Waals surface area contributed by atoms with Gasteiger partial charge in [0.1, 0.15) is 0 Å². The summed E-state index contributed by atoms with van der Waals surface area (Å²) in [5, 5.41) is 3.68. The van der Waals surface area contributed by atoms with Crippen molar-refractivity contribution < 1.29 is 0 Å². The van der Waals surface area contributed by atoms with Crippen molar-refractivity contribution in [2.45, 2.75) is 57.1 Å². The minimum absolute atomic E-state index is 0.575. The van der Waals surface area contributed by atoms with Gasteiger partial charge in [-0.25, -0.2) is 0 Å². The van der Waals surface area contributed by atoms with Gasteiger partial charge < -0.3 is 5.32 Å². The Morgan fingerprint density at radius 1 is 1.33 bits per heavy atom. The maximum atomic E-state index is 3.68. The number of thioether (sulfide) groups is 1. The van der Waals surface area contributed by atoms with E-state index in [4.69, 9.17) is 0 Å². The van der Waals surface area contributed by atoms with Crippen molar-refractivity contribution in [2.24, 2.45) is 5.92 Å². The smallest absolute Gasteiger partial charge is 0.0281 e. The predicted octanol–water partition coefficient (Wildman–Crippen LogP) is 3.69. The Labute approximate surface area is 99.8 Å². The van der Waals surface area contributed by atoms with Crippen LogP contribution in [0.2, 0.25) is 0 Å². The minimum atomic E-state index is 0.575. The summed E-state index contributed by atoms with van der Waals surface area (Å²) in [6.07, 6.45) is 10.7. The molecule has 2 heteroatoms. The van der Waals surface area contributed by atoms with E-state index in [9.17, 15) is 0 Å². The molecule has 1 nitrogen and oxygen atoms in total. The molecule has 0 bridgehead atoms. The molecule has 0 radical (unpaired) electrons. The monoisotopic (exact) mass is 229 g/mol. The van der Waals surface area contributed by atoms with Gasteiger partial charge in [0.05, 0.1) is 0 Å². The molecule has 1 N–H and O–H groups in total. The fourth-order valence-electron chi connectivity index (χ4n) is 2.61. The second kappa shape index (κ2) is 6.80. The highest BCUT2D eigenvalue weighted by Gasteiger charge is 2.32. The number of hydrogen-bond acceptors (Lipinski definition) is 2. The summed E-state index contributed by atoms with van der Waals surface area (Å²) < 4.78 is 0.575. The Morgan fingerprint density at radius 2 is 2.00 bits per heavy atom. The molecule has 0 aromatic carbocycles. The highest BCUT2D eigenvalue weighted by molar-refractivity contribution is 8.00. The molecular formula is C13H27NS. The Balaban J connectivity index is 2.17. The van der Waals surface area contributed by atoms with Gasteiger partial charge in [0.2, 0.25) is 0 Å². The summed E-state index contributed by atoms with van der Waals surface area (Å²) >= 11 is 2.08. The molecule has 1 unspecified atom stereocenters. The summed E-state index contributed by atoms with van der Waals surface area (Å²) in [4.78, 5) is 0. The molecule has 0 aromatic heterocycles. The minimum Gasteiger partial charge on any atom is -0.315 e. The SMILES string of the molecule is CCCC(C)CNCC1(SC)CCCC1. The first kappa shape index (κ1) is 13.4. The van der Waals surface area contributed by atoms with Gasteiger partial charge in [-0.1, -0.05) is 33.1 Å². The van der Waals surface area contributed by atoms with Crippen LogP contribution in [0.15, 0.2) is 0 Å². The van der Waals surface area contributed by atoms with E-state index in [0.29, 0.717) is 4.75 Å². The zero-order valence-electron chi connectivity index (χ0n) is 10.6. The average Bonchev–Trinajstić information content (AvgIpc) is 2.68. The number of nitrogens with one attached hydrogen (secondary N) is 1. The van der Waals surface area contributed by atoms with Crippen LogP contribution in [0.5, 0.6) is 0 Å². The Hall–Kier alpha value is 0.310. The molecule has 15 heavy (non-hydrogen) atoms. The van der Waals surface area contributed by atoms with Crippen LogP contribution in [0.3, 0.4) is 0 Å². The third kappa shape index (κ3) is 4.36. The van der Waals surface area contributed by atoms with E-state index in [0.717, 1.165) is 5.92 Å². The Kier molecular flexibility index (Phi) is 6.06. The normalized spacial score (nSPS) is 21.8. The van der Waals surface area contributed by atoms with Crippen LogP contribution in [0.4, 0.5) is 0 Å². The second-order valence-corrected chi connectivity index (χ2v) is 6.39. The second-order valence-electron chi connectivity index (χ2n) is 5.12. The predicted molar refractivity (Wildman–Crippen MR) is 71.7 cm³/mol. The van der Waals surface area contributed by atoms with Crippen LogP contribution in [-0.2, 0) is 0 Å². The average molecular weight is 229 g/mol. The van der Waals surface area contributed by atoms with Gasteiger partial charge in [-0.3, -0.25) is 0 Å². The summed E-state index contributed by atoms with van der Waals surface area (Å²) in [7, 11) is 0. The van der Waals surface area contributed by atoms with Gasteiger partial charge in [0, 0.05) is 11.3 Å². The molecule has 0 aliphatic heterocycles. The molecule has 1 atom stereocenters. The summed E-state index contributed by atoms with van der Waals surface area (Å²) in [5.74, 6) is 0.843. The summed E-state index contributed by atoms with van der Waals surface area (Å²) in [5.41, 5.74) is 0. The van der Waals surface area contributed by atoms with Gasteiger partial charge in [-0.15, -0.1) is 0 Å². The molecule has 0 spiro atoms. The van der Waals surface area contributed by atoms with Crippen LogP contribution in [-0.4, -0.2) is 24.1 Å². The van der Waals surface area contributed by atoms with Gasteiger partial charge in [-0.05, 0) is 38.0 Å². The van der Waals surface area contributed by atoms with E-state index >= 15 is 0 Å². The highest BCUT2D eigenvalue weighted by Crippen LogP contribution is 2.39. The maximum Gasteiger partial charge on any atom is 0.0281 e. The molecule has 0 aromatic rings. The molecule has 90 valence electrons. The largest absolute Gasteiger partial charge is 0.315 e. The zero-order chi connectivity index (χ0) is 11.1. The third-order valence-electron chi connectivity index (χ3n) is 3.67. The van der Waals surface area contributed by atoms with Crippen LogP contribution in [0.25, 0.3) is 0 Å². The number of hydrogen-bond donors (Lipinski definition) is 1. The third-order valence-corrected chi connectivity index (χ3v) is 5.09. The quantitative estimate of drug-likeness (QED) is 0.714. The molecule has 1 aliphatic rings. The van der Waals surface area contributed by atoms with Gasteiger partial charge >= 0.3 is 0 Å². The van der Waals surface area contributed by atoms with Crippen molar-refractivity contribution in [3.63, 3.8) is 0 Å². The van der Waals surface area contributed by atoms with Gasteiger partial charge in [-0.2, -0.15) is 11.8 Å². The first-order chi connectivity index (χ1) is 7.22. The van der Waals surface area contributed by atoms with Crippen LogP contribution < -0.4 is 5.32 Å². The van der Waals surface area contributed by atoms with Crippen molar-refractivity contribution in [1.29, 1.82) is 0 Å². The zero-order valence-corrected chi connectivity index (χ0v) is 11.5. The highest BCUT2D eigenvalue weighted by atomic mass is 32.2. The van der Waals surface area contributed by atoms with E-state index in [-0.39, 0.29) is 0 Å². The van der Waals surface area contributed by atoms with Crippen molar-refractivity contribution in [3.05, 3.63) is 0 Å². The van der Waals surface area contributed by atoms with E-state index in [1.165, 1.54) is 51.6 Å². The lowest BCUT2D eigenvalue weighted by atomic mass is 10.0. The molecule has 0 saturated heterocycles. The molecule has 1 fully saturated rings. The molecule has 1 rings (SSSR count). The van der Waals surface area contributed by atoms with Gasteiger partial charge in [0.25, 0.3) is 0 Å². The summed E-state index contributed by atoms with van der Waals surface area (Å²) in [6, 6.07) is 0. The van der Waals surface area contributed by atoms with Crippen LogP contribution in [0, 0.1) is 5.92 Å². The Bertz CT molecular complexity index is 164. The lowest BCUT2D eigenvalue weighted by molar-refractivity contribution is 0.447. The molecule has 1 saturated carbocycles. The molecular weight excluding hydrogens is 202 g/mol. The maximum absolute atomic E-state index is 3.68. The van der Waals surface area contributed by atoms with E-state index < -0.39 is 0 Å². The van der Waals surface area contributed by atoms with Crippen LogP contribution >= 0.6 is 11.8 Å². The lowest BCUT2D eigenvalue weighted by Crippen LogP contribution is -2.37. The molecule has 0 heterocycles. The molecule has 1 aliphatic carbocycles. The van der Waals surface area contributed by atoms with E-state index in [1.54, 1.807) is 0 Å². The lowest BCUT2D eigenvalue weighted by Gasteiger charge is -2.27. The summed E-state index contributed by atoms with van der Waals surface area (Å²) in [6.45, 7) is 7.06. The number of rotatable bonds is 7. The fraction of sp³-hybridized carbons (Fsp3) is 1.00. The van der Waals surface area contributed by atoms with Crippen molar-refractivity contribution in [2.75, 3.05) is 19.3 Å². The van der Waals surface area contributed by atoms with Crippen LogP contribution in [0.1, 0.15) is 52.4 Å². The van der Waals surface area contributed by atoms with Crippen molar-refractivity contribution in [3.8, 4) is 0 Å². The standard InChI is InChI=1S/C13H27NS/c1-4-7-12(2)10-14-11-13(15-3)8-5-6-9-13/h12,14H,4-11H2,1-3H3.